The Balaban J connectivity index is 2.16. The second kappa shape index (κ2) is 7.63. The molecule has 4 nitrogen and oxygen atoms in total. The van der Waals surface area contributed by atoms with E-state index in [0.717, 1.165) is 30.0 Å². The third-order valence-electron chi connectivity index (χ3n) is 3.71. The van der Waals surface area contributed by atoms with Crippen molar-refractivity contribution in [3.63, 3.8) is 0 Å². The maximum Gasteiger partial charge on any atom is 0.243 e. The summed E-state index contributed by atoms with van der Waals surface area (Å²) in [6.45, 7) is 6.28. The van der Waals surface area contributed by atoms with E-state index in [4.69, 9.17) is 0 Å². The highest BCUT2D eigenvalue weighted by molar-refractivity contribution is 7.99. The van der Waals surface area contributed by atoms with Crippen LogP contribution >= 0.6 is 11.8 Å². The highest BCUT2D eigenvalue weighted by Gasteiger charge is 2.25. The quantitative estimate of drug-likeness (QED) is 0.902. The molecule has 1 aromatic rings. The number of rotatable bonds is 5. The maximum atomic E-state index is 12.6. The Morgan fingerprint density at radius 1 is 1.24 bits per heavy atom. The molecule has 1 saturated heterocycles. The van der Waals surface area contributed by atoms with E-state index in [-0.39, 0.29) is 6.04 Å². The Morgan fingerprint density at radius 3 is 2.62 bits per heavy atom. The van der Waals surface area contributed by atoms with Gasteiger partial charge in [-0.05, 0) is 43.3 Å². The Bertz CT molecular complexity index is 535. The Hall–Kier alpha value is -0.560. The van der Waals surface area contributed by atoms with E-state index < -0.39 is 10.0 Å². The summed E-state index contributed by atoms with van der Waals surface area (Å²) in [5.74, 6) is 1.93. The van der Waals surface area contributed by atoms with Crippen molar-refractivity contribution in [2.24, 2.45) is 0 Å². The summed E-state index contributed by atoms with van der Waals surface area (Å²) >= 11 is 1.83. The van der Waals surface area contributed by atoms with Gasteiger partial charge in [0.05, 0.1) is 4.90 Å². The number of nitrogens with one attached hydrogen (secondary N) is 1. The molecular weight excluding hydrogens is 304 g/mol. The Morgan fingerprint density at radius 2 is 1.95 bits per heavy atom. The van der Waals surface area contributed by atoms with Gasteiger partial charge in [0.25, 0.3) is 0 Å². The highest BCUT2D eigenvalue weighted by atomic mass is 32.2. The standard InChI is InChI=1S/C15H24N2O2S2/c1-3-16-13(2)14-5-7-15(8-6-14)21(18,19)17-9-4-11-20-12-10-17/h5-8,13,16H,3-4,9-12H2,1-2H3. The highest BCUT2D eigenvalue weighted by Crippen LogP contribution is 2.22. The fourth-order valence-corrected chi connectivity index (χ4v) is 4.95. The summed E-state index contributed by atoms with van der Waals surface area (Å²) in [6.07, 6.45) is 0.930. The number of hydrogen-bond acceptors (Lipinski definition) is 4. The third-order valence-corrected chi connectivity index (χ3v) is 6.67. The van der Waals surface area contributed by atoms with Crippen LogP contribution in [0.15, 0.2) is 29.2 Å². The summed E-state index contributed by atoms with van der Waals surface area (Å²) in [7, 11) is -3.34. The molecule has 6 heteroatoms. The molecule has 0 aliphatic carbocycles. The van der Waals surface area contributed by atoms with Crippen LogP contribution in [0.25, 0.3) is 0 Å². The summed E-state index contributed by atoms with van der Waals surface area (Å²) in [5.41, 5.74) is 1.11. The van der Waals surface area contributed by atoms with Gasteiger partial charge >= 0.3 is 0 Å². The van der Waals surface area contributed by atoms with Gasteiger partial charge in [0, 0.05) is 24.9 Å². The molecule has 0 radical (unpaired) electrons. The van der Waals surface area contributed by atoms with Crippen LogP contribution in [0.2, 0.25) is 0 Å². The van der Waals surface area contributed by atoms with Crippen molar-refractivity contribution >= 4 is 21.8 Å². The van der Waals surface area contributed by atoms with Crippen molar-refractivity contribution in [2.75, 3.05) is 31.1 Å². The summed E-state index contributed by atoms with van der Waals surface area (Å²) in [6, 6.07) is 7.52. The van der Waals surface area contributed by atoms with Crippen LogP contribution in [0.4, 0.5) is 0 Å². The zero-order chi connectivity index (χ0) is 15.3. The lowest BCUT2D eigenvalue weighted by atomic mass is 10.1. The van der Waals surface area contributed by atoms with Crippen molar-refractivity contribution in [1.29, 1.82) is 0 Å². The minimum atomic E-state index is -3.34. The van der Waals surface area contributed by atoms with Crippen LogP contribution in [0.5, 0.6) is 0 Å². The van der Waals surface area contributed by atoms with Crippen molar-refractivity contribution in [3.05, 3.63) is 29.8 Å². The van der Waals surface area contributed by atoms with Gasteiger partial charge in [-0.25, -0.2) is 8.42 Å². The number of sulfonamides is 1. The van der Waals surface area contributed by atoms with E-state index in [1.165, 1.54) is 0 Å². The van der Waals surface area contributed by atoms with Crippen LogP contribution < -0.4 is 5.32 Å². The SMILES string of the molecule is CCNC(C)c1ccc(S(=O)(=O)N2CCCSCC2)cc1. The van der Waals surface area contributed by atoms with E-state index in [0.29, 0.717) is 18.0 Å². The minimum absolute atomic E-state index is 0.237. The van der Waals surface area contributed by atoms with Crippen molar-refractivity contribution in [3.8, 4) is 0 Å². The topological polar surface area (TPSA) is 49.4 Å². The molecule has 1 aliphatic heterocycles. The van der Waals surface area contributed by atoms with Crippen LogP contribution in [0, 0.1) is 0 Å². The molecule has 1 N–H and O–H groups in total. The smallest absolute Gasteiger partial charge is 0.243 e. The number of benzene rings is 1. The average molecular weight is 329 g/mol. The molecule has 118 valence electrons. The second-order valence-electron chi connectivity index (χ2n) is 5.22. The zero-order valence-corrected chi connectivity index (χ0v) is 14.3. The molecule has 1 unspecified atom stereocenters. The zero-order valence-electron chi connectivity index (χ0n) is 12.7. The van der Waals surface area contributed by atoms with Gasteiger partial charge in [-0.15, -0.1) is 0 Å². The summed E-state index contributed by atoms with van der Waals surface area (Å²) in [5, 5.41) is 3.33. The first kappa shape index (κ1) is 16.8. The predicted octanol–water partition coefficient (Wildman–Crippen LogP) is 2.48. The number of hydrogen-bond donors (Lipinski definition) is 1. The molecule has 0 bridgehead atoms. The van der Waals surface area contributed by atoms with Crippen LogP contribution in [0.3, 0.4) is 0 Å². The molecule has 21 heavy (non-hydrogen) atoms. The fraction of sp³-hybridized carbons (Fsp3) is 0.600. The summed E-state index contributed by atoms with van der Waals surface area (Å²) < 4.78 is 26.9. The van der Waals surface area contributed by atoms with Crippen LogP contribution in [-0.2, 0) is 10.0 Å². The lowest BCUT2D eigenvalue weighted by Gasteiger charge is -2.20. The Kier molecular flexibility index (Phi) is 6.10. The minimum Gasteiger partial charge on any atom is -0.310 e. The molecular formula is C15H24N2O2S2. The fourth-order valence-electron chi connectivity index (χ4n) is 2.47. The largest absolute Gasteiger partial charge is 0.310 e. The lowest BCUT2D eigenvalue weighted by Crippen LogP contribution is -2.33. The Labute approximate surface area is 132 Å². The van der Waals surface area contributed by atoms with E-state index in [9.17, 15) is 8.42 Å². The van der Waals surface area contributed by atoms with Crippen molar-refractivity contribution < 1.29 is 8.42 Å². The van der Waals surface area contributed by atoms with E-state index in [1.807, 2.05) is 23.9 Å². The molecule has 0 amide bonds. The molecule has 0 spiro atoms. The number of nitrogens with zero attached hydrogens (tertiary/aromatic N) is 1. The van der Waals surface area contributed by atoms with E-state index in [1.54, 1.807) is 16.4 Å². The maximum absolute atomic E-state index is 12.6. The van der Waals surface area contributed by atoms with Crippen molar-refractivity contribution in [2.45, 2.75) is 31.2 Å². The lowest BCUT2D eigenvalue weighted by molar-refractivity contribution is 0.435. The normalized spacial score (nSPS) is 19.1. The first-order valence-corrected chi connectivity index (χ1v) is 10.1. The second-order valence-corrected chi connectivity index (χ2v) is 8.38. The van der Waals surface area contributed by atoms with Gasteiger partial charge in [-0.1, -0.05) is 19.1 Å². The molecule has 2 rings (SSSR count). The van der Waals surface area contributed by atoms with Gasteiger partial charge in [-0.2, -0.15) is 16.1 Å². The van der Waals surface area contributed by atoms with E-state index >= 15 is 0 Å². The summed E-state index contributed by atoms with van der Waals surface area (Å²) in [4.78, 5) is 0.404. The first-order chi connectivity index (χ1) is 10.1. The van der Waals surface area contributed by atoms with Crippen molar-refractivity contribution in [1.82, 2.24) is 9.62 Å². The predicted molar refractivity (Wildman–Crippen MR) is 89.2 cm³/mol. The van der Waals surface area contributed by atoms with Gasteiger partial charge in [0.1, 0.15) is 0 Å². The first-order valence-electron chi connectivity index (χ1n) is 7.47. The molecule has 1 heterocycles. The van der Waals surface area contributed by atoms with Crippen LogP contribution in [0.1, 0.15) is 31.9 Å². The molecule has 1 aliphatic rings. The molecule has 0 aromatic heterocycles. The average Bonchev–Trinajstić information content (AvgIpc) is 2.77. The monoisotopic (exact) mass is 328 g/mol. The van der Waals surface area contributed by atoms with Gasteiger partial charge in [0.15, 0.2) is 0 Å². The van der Waals surface area contributed by atoms with Gasteiger partial charge in [-0.3, -0.25) is 0 Å². The third kappa shape index (κ3) is 4.22. The van der Waals surface area contributed by atoms with Gasteiger partial charge in [0.2, 0.25) is 10.0 Å². The number of thioether (sulfide) groups is 1. The molecule has 1 atom stereocenters. The molecule has 1 aromatic carbocycles. The molecule has 1 fully saturated rings. The van der Waals surface area contributed by atoms with Gasteiger partial charge < -0.3 is 5.32 Å². The molecule has 0 saturated carbocycles. The van der Waals surface area contributed by atoms with Crippen LogP contribution in [-0.4, -0.2) is 43.9 Å². The van der Waals surface area contributed by atoms with E-state index in [2.05, 4.69) is 19.2 Å².